The van der Waals surface area contributed by atoms with Crippen LogP contribution in [0.3, 0.4) is 0 Å². The van der Waals surface area contributed by atoms with Crippen LogP contribution in [0.5, 0.6) is 5.75 Å². The van der Waals surface area contributed by atoms with Gasteiger partial charge in [-0.1, -0.05) is 12.1 Å². The Morgan fingerprint density at radius 2 is 2.21 bits per heavy atom. The van der Waals surface area contributed by atoms with E-state index in [9.17, 15) is 0 Å². The van der Waals surface area contributed by atoms with Crippen LogP contribution in [0, 0.1) is 17.2 Å². The molecule has 1 fully saturated rings. The molecule has 0 radical (unpaired) electrons. The average Bonchev–Trinajstić information content (AvgIpc) is 2.39. The molecule has 3 heteroatoms. The lowest BCUT2D eigenvalue weighted by Crippen LogP contribution is -2.35. The van der Waals surface area contributed by atoms with Gasteiger partial charge in [0.25, 0.3) is 0 Å². The largest absolute Gasteiger partial charge is 0.489 e. The Bertz CT molecular complexity index is 450. The molecule has 1 saturated heterocycles. The van der Waals surface area contributed by atoms with Crippen LogP contribution >= 0.6 is 0 Å². The van der Waals surface area contributed by atoms with Gasteiger partial charge in [0.05, 0.1) is 17.9 Å². The number of nitriles is 1. The zero-order valence-corrected chi connectivity index (χ0v) is 11.8. The first-order valence-electron chi connectivity index (χ1n) is 7.08. The molecule has 0 amide bonds. The van der Waals surface area contributed by atoms with Crippen molar-refractivity contribution in [2.75, 3.05) is 18.0 Å². The number of rotatable bonds is 4. The van der Waals surface area contributed by atoms with Crippen molar-refractivity contribution in [3.05, 3.63) is 24.3 Å². The van der Waals surface area contributed by atoms with Crippen LogP contribution in [0.25, 0.3) is 0 Å². The van der Waals surface area contributed by atoms with Crippen molar-refractivity contribution < 1.29 is 4.74 Å². The Hall–Kier alpha value is -1.69. The first kappa shape index (κ1) is 13.7. The number of hydrogen-bond acceptors (Lipinski definition) is 3. The van der Waals surface area contributed by atoms with E-state index < -0.39 is 0 Å². The van der Waals surface area contributed by atoms with Crippen molar-refractivity contribution in [3.8, 4) is 11.8 Å². The van der Waals surface area contributed by atoms with E-state index >= 15 is 0 Å². The van der Waals surface area contributed by atoms with E-state index in [-0.39, 0.29) is 6.10 Å². The molecule has 102 valence electrons. The molecule has 1 atom stereocenters. The lowest BCUT2D eigenvalue weighted by molar-refractivity contribution is 0.242. The van der Waals surface area contributed by atoms with Gasteiger partial charge >= 0.3 is 0 Å². The van der Waals surface area contributed by atoms with Gasteiger partial charge in [-0.05, 0) is 44.7 Å². The smallest absolute Gasteiger partial charge is 0.142 e. The van der Waals surface area contributed by atoms with Crippen LogP contribution in [0.15, 0.2) is 24.3 Å². The standard InChI is InChI=1S/C16H22N2O/c1-13(2)19-16-8-4-3-7-15(16)18-11-5-6-14(12-18)9-10-17/h3-4,7-8,13-14H,5-6,9,11-12H2,1-2H3. The summed E-state index contributed by atoms with van der Waals surface area (Å²) in [7, 11) is 0. The van der Waals surface area contributed by atoms with E-state index in [4.69, 9.17) is 10.00 Å². The van der Waals surface area contributed by atoms with Gasteiger partial charge in [-0.15, -0.1) is 0 Å². The highest BCUT2D eigenvalue weighted by Gasteiger charge is 2.22. The number of para-hydroxylation sites is 2. The second-order valence-corrected chi connectivity index (χ2v) is 5.45. The molecule has 0 N–H and O–H groups in total. The summed E-state index contributed by atoms with van der Waals surface area (Å²) in [4.78, 5) is 2.36. The van der Waals surface area contributed by atoms with Crippen LogP contribution in [0.1, 0.15) is 33.1 Å². The molecular formula is C16H22N2O. The molecule has 19 heavy (non-hydrogen) atoms. The summed E-state index contributed by atoms with van der Waals surface area (Å²) in [5, 5.41) is 8.86. The summed E-state index contributed by atoms with van der Waals surface area (Å²) in [5.74, 6) is 1.45. The van der Waals surface area contributed by atoms with E-state index in [0.29, 0.717) is 12.3 Å². The van der Waals surface area contributed by atoms with Gasteiger partial charge in [0.15, 0.2) is 0 Å². The van der Waals surface area contributed by atoms with E-state index in [1.807, 2.05) is 26.0 Å². The second kappa shape index (κ2) is 6.47. The van der Waals surface area contributed by atoms with E-state index in [2.05, 4.69) is 23.1 Å². The molecule has 1 aromatic carbocycles. The molecule has 0 aliphatic carbocycles. The Labute approximate surface area is 115 Å². The molecule has 0 spiro atoms. The third-order valence-corrected chi connectivity index (χ3v) is 3.47. The van der Waals surface area contributed by atoms with Gasteiger partial charge in [0, 0.05) is 19.5 Å². The molecule has 0 saturated carbocycles. The van der Waals surface area contributed by atoms with Gasteiger partial charge in [-0.3, -0.25) is 0 Å². The third-order valence-electron chi connectivity index (χ3n) is 3.47. The minimum absolute atomic E-state index is 0.181. The van der Waals surface area contributed by atoms with Crippen LogP contribution < -0.4 is 9.64 Å². The van der Waals surface area contributed by atoms with Gasteiger partial charge in [0.2, 0.25) is 0 Å². The Morgan fingerprint density at radius 1 is 1.42 bits per heavy atom. The van der Waals surface area contributed by atoms with Crippen molar-refractivity contribution in [2.24, 2.45) is 5.92 Å². The lowest BCUT2D eigenvalue weighted by atomic mass is 9.95. The Kier molecular flexibility index (Phi) is 4.68. The number of piperidine rings is 1. The highest BCUT2D eigenvalue weighted by Crippen LogP contribution is 2.32. The first-order chi connectivity index (χ1) is 9.20. The van der Waals surface area contributed by atoms with Crippen molar-refractivity contribution >= 4 is 5.69 Å². The molecule has 0 aromatic heterocycles. The molecule has 1 aliphatic rings. The number of ether oxygens (including phenoxy) is 1. The molecule has 1 aliphatic heterocycles. The van der Waals surface area contributed by atoms with Gasteiger partial charge in [-0.2, -0.15) is 5.26 Å². The van der Waals surface area contributed by atoms with Crippen molar-refractivity contribution in [1.82, 2.24) is 0 Å². The summed E-state index contributed by atoms with van der Waals surface area (Å²) in [5.41, 5.74) is 1.17. The van der Waals surface area contributed by atoms with Crippen LogP contribution in [0.4, 0.5) is 5.69 Å². The average molecular weight is 258 g/mol. The third kappa shape index (κ3) is 3.64. The van der Waals surface area contributed by atoms with Crippen LogP contribution in [-0.2, 0) is 0 Å². The first-order valence-corrected chi connectivity index (χ1v) is 7.08. The second-order valence-electron chi connectivity index (χ2n) is 5.45. The topological polar surface area (TPSA) is 36.3 Å². The highest BCUT2D eigenvalue weighted by atomic mass is 16.5. The maximum atomic E-state index is 8.86. The zero-order chi connectivity index (χ0) is 13.7. The molecular weight excluding hydrogens is 236 g/mol. The molecule has 3 nitrogen and oxygen atoms in total. The van der Waals surface area contributed by atoms with Crippen molar-refractivity contribution in [3.63, 3.8) is 0 Å². The SMILES string of the molecule is CC(C)Oc1ccccc1N1CCCC(CC#N)C1. The molecule has 1 aromatic rings. The van der Waals surface area contributed by atoms with E-state index in [0.717, 1.165) is 31.7 Å². The van der Waals surface area contributed by atoms with Crippen LogP contribution in [0.2, 0.25) is 0 Å². The maximum Gasteiger partial charge on any atom is 0.142 e. The van der Waals surface area contributed by atoms with Crippen LogP contribution in [-0.4, -0.2) is 19.2 Å². The minimum atomic E-state index is 0.181. The van der Waals surface area contributed by atoms with Crippen molar-refractivity contribution in [2.45, 2.75) is 39.2 Å². The number of nitrogens with zero attached hydrogens (tertiary/aromatic N) is 2. The predicted molar refractivity (Wildman–Crippen MR) is 77.4 cm³/mol. The number of benzene rings is 1. The maximum absolute atomic E-state index is 8.86. The fourth-order valence-corrected chi connectivity index (χ4v) is 2.65. The lowest BCUT2D eigenvalue weighted by Gasteiger charge is -2.34. The predicted octanol–water partition coefficient (Wildman–Crippen LogP) is 3.60. The quantitative estimate of drug-likeness (QED) is 0.827. The molecule has 1 heterocycles. The zero-order valence-electron chi connectivity index (χ0n) is 11.8. The highest BCUT2D eigenvalue weighted by molar-refractivity contribution is 5.58. The summed E-state index contributed by atoms with van der Waals surface area (Å²) in [6.07, 6.45) is 3.16. The van der Waals surface area contributed by atoms with Gasteiger partial charge in [-0.25, -0.2) is 0 Å². The van der Waals surface area contributed by atoms with E-state index in [1.165, 1.54) is 5.69 Å². The fourth-order valence-electron chi connectivity index (χ4n) is 2.65. The summed E-state index contributed by atoms with van der Waals surface area (Å²) in [6, 6.07) is 10.5. The van der Waals surface area contributed by atoms with E-state index in [1.54, 1.807) is 0 Å². The summed E-state index contributed by atoms with van der Waals surface area (Å²) >= 11 is 0. The van der Waals surface area contributed by atoms with Gasteiger partial charge < -0.3 is 9.64 Å². The number of hydrogen-bond donors (Lipinski definition) is 0. The molecule has 2 rings (SSSR count). The molecule has 0 bridgehead atoms. The van der Waals surface area contributed by atoms with Crippen molar-refractivity contribution in [1.29, 1.82) is 5.26 Å². The summed E-state index contributed by atoms with van der Waals surface area (Å²) in [6.45, 7) is 6.11. The minimum Gasteiger partial charge on any atom is -0.489 e. The molecule has 1 unspecified atom stereocenters. The fraction of sp³-hybridized carbons (Fsp3) is 0.562. The van der Waals surface area contributed by atoms with Gasteiger partial charge in [0.1, 0.15) is 5.75 Å². The monoisotopic (exact) mass is 258 g/mol. The number of anilines is 1. The Morgan fingerprint density at radius 3 is 2.95 bits per heavy atom. The summed E-state index contributed by atoms with van der Waals surface area (Å²) < 4.78 is 5.89. The Balaban J connectivity index is 2.14. The normalized spacial score (nSPS) is 19.3.